The monoisotopic (exact) mass is 292 g/mol. The normalized spacial score (nSPS) is 12.9. The summed E-state index contributed by atoms with van der Waals surface area (Å²) in [6, 6.07) is 15.5. The molecule has 5 nitrogen and oxygen atoms in total. The van der Waals surface area contributed by atoms with Gasteiger partial charge in [0, 0.05) is 11.6 Å². The number of fused-ring (bicyclic) bond motifs is 1. The fourth-order valence-electron chi connectivity index (χ4n) is 2.19. The molecule has 4 rings (SSSR count). The van der Waals surface area contributed by atoms with Crippen LogP contribution in [0.25, 0.3) is 23.5 Å². The highest BCUT2D eigenvalue weighted by molar-refractivity contribution is 5.67. The number of benzene rings is 2. The lowest BCUT2D eigenvalue weighted by atomic mass is 10.2. The number of hydrogen-bond acceptors (Lipinski definition) is 5. The van der Waals surface area contributed by atoms with Crippen LogP contribution in [0.5, 0.6) is 11.5 Å². The van der Waals surface area contributed by atoms with Gasteiger partial charge < -0.3 is 14.0 Å². The minimum absolute atomic E-state index is 0.246. The van der Waals surface area contributed by atoms with Gasteiger partial charge in [0.1, 0.15) is 0 Å². The van der Waals surface area contributed by atoms with Crippen molar-refractivity contribution in [1.82, 2.24) is 10.1 Å². The molecule has 0 unspecified atom stereocenters. The molecule has 0 atom stereocenters. The Bertz CT molecular complexity index is 825. The largest absolute Gasteiger partial charge is 0.454 e. The van der Waals surface area contributed by atoms with Crippen LogP contribution in [0.1, 0.15) is 11.5 Å². The van der Waals surface area contributed by atoms with Crippen molar-refractivity contribution < 1.29 is 14.0 Å². The van der Waals surface area contributed by atoms with Crippen molar-refractivity contribution in [3.8, 4) is 22.9 Å². The Morgan fingerprint density at radius 2 is 1.77 bits per heavy atom. The minimum Gasteiger partial charge on any atom is -0.454 e. The molecule has 0 N–H and O–H groups in total. The summed E-state index contributed by atoms with van der Waals surface area (Å²) >= 11 is 0. The summed E-state index contributed by atoms with van der Waals surface area (Å²) in [5.41, 5.74) is 1.90. The fourth-order valence-corrected chi connectivity index (χ4v) is 2.19. The molecule has 3 aromatic rings. The summed E-state index contributed by atoms with van der Waals surface area (Å²) in [7, 11) is 0. The number of ether oxygens (including phenoxy) is 2. The van der Waals surface area contributed by atoms with Crippen molar-refractivity contribution in [2.45, 2.75) is 0 Å². The van der Waals surface area contributed by atoms with Gasteiger partial charge >= 0.3 is 0 Å². The van der Waals surface area contributed by atoms with E-state index in [4.69, 9.17) is 14.0 Å². The maximum atomic E-state index is 5.35. The van der Waals surface area contributed by atoms with E-state index in [1.165, 1.54) is 0 Å². The lowest BCUT2D eigenvalue weighted by Crippen LogP contribution is -1.92. The predicted molar refractivity (Wildman–Crippen MR) is 81.2 cm³/mol. The fraction of sp³-hybridized carbons (Fsp3) is 0.0588. The van der Waals surface area contributed by atoms with Crippen molar-refractivity contribution in [3.05, 3.63) is 60.0 Å². The molecule has 0 saturated carbocycles. The van der Waals surface area contributed by atoms with Crippen molar-refractivity contribution in [3.63, 3.8) is 0 Å². The van der Waals surface area contributed by atoms with E-state index in [0.717, 1.165) is 16.9 Å². The summed E-state index contributed by atoms with van der Waals surface area (Å²) in [6.45, 7) is 0.246. The lowest BCUT2D eigenvalue weighted by molar-refractivity contribution is 0.174. The standard InChI is InChI=1S/C17H12N2O3/c1-2-4-12(5-3-1)6-9-16-18-17(19-22-16)13-7-8-14-15(10-13)21-11-20-14/h1-10H,11H2/b9-6+. The Morgan fingerprint density at radius 3 is 2.68 bits per heavy atom. The summed E-state index contributed by atoms with van der Waals surface area (Å²) < 4.78 is 15.9. The first-order valence-electron chi connectivity index (χ1n) is 6.85. The van der Waals surface area contributed by atoms with Crippen LogP contribution in [-0.2, 0) is 0 Å². The van der Waals surface area contributed by atoms with E-state index in [1.54, 1.807) is 6.08 Å². The van der Waals surface area contributed by atoms with E-state index in [0.29, 0.717) is 17.5 Å². The highest BCUT2D eigenvalue weighted by atomic mass is 16.7. The van der Waals surface area contributed by atoms with Gasteiger partial charge in [0.05, 0.1) is 0 Å². The second-order valence-corrected chi connectivity index (χ2v) is 4.77. The van der Waals surface area contributed by atoms with Crippen molar-refractivity contribution in [1.29, 1.82) is 0 Å². The number of rotatable bonds is 3. The van der Waals surface area contributed by atoms with Crippen molar-refractivity contribution in [2.75, 3.05) is 6.79 Å². The second kappa shape index (κ2) is 5.37. The summed E-state index contributed by atoms with van der Waals surface area (Å²) in [5, 5.41) is 3.99. The molecule has 1 aliphatic rings. The smallest absolute Gasteiger partial charge is 0.250 e. The van der Waals surface area contributed by atoms with Crippen molar-refractivity contribution >= 4 is 12.2 Å². The average molecular weight is 292 g/mol. The third-order valence-electron chi connectivity index (χ3n) is 3.29. The average Bonchev–Trinajstić information content (AvgIpc) is 3.22. The Labute approximate surface area is 126 Å². The Kier molecular flexibility index (Phi) is 3.08. The van der Waals surface area contributed by atoms with Crippen LogP contribution in [0.2, 0.25) is 0 Å². The van der Waals surface area contributed by atoms with Gasteiger partial charge in [0.15, 0.2) is 11.5 Å². The number of aromatic nitrogens is 2. The van der Waals surface area contributed by atoms with E-state index in [2.05, 4.69) is 10.1 Å². The van der Waals surface area contributed by atoms with E-state index in [9.17, 15) is 0 Å². The van der Waals surface area contributed by atoms with E-state index >= 15 is 0 Å². The van der Waals surface area contributed by atoms with Crippen LogP contribution in [-0.4, -0.2) is 16.9 Å². The second-order valence-electron chi connectivity index (χ2n) is 4.77. The topological polar surface area (TPSA) is 57.4 Å². The van der Waals surface area contributed by atoms with Crippen LogP contribution < -0.4 is 9.47 Å². The quantitative estimate of drug-likeness (QED) is 0.737. The van der Waals surface area contributed by atoms with E-state index < -0.39 is 0 Å². The van der Waals surface area contributed by atoms with Crippen molar-refractivity contribution in [2.24, 2.45) is 0 Å². The molecule has 0 bridgehead atoms. The summed E-state index contributed by atoms with van der Waals surface area (Å²) in [4.78, 5) is 4.36. The Balaban J connectivity index is 1.58. The first kappa shape index (κ1) is 12.6. The van der Waals surface area contributed by atoms with Gasteiger partial charge in [0.2, 0.25) is 12.6 Å². The Hall–Kier alpha value is -3.08. The zero-order valence-electron chi connectivity index (χ0n) is 11.6. The zero-order chi connectivity index (χ0) is 14.8. The molecule has 0 amide bonds. The van der Waals surface area contributed by atoms with Gasteiger partial charge in [-0.2, -0.15) is 4.98 Å². The third-order valence-corrected chi connectivity index (χ3v) is 3.29. The zero-order valence-corrected chi connectivity index (χ0v) is 11.6. The molecule has 22 heavy (non-hydrogen) atoms. The number of hydrogen-bond donors (Lipinski definition) is 0. The highest BCUT2D eigenvalue weighted by Gasteiger charge is 2.16. The minimum atomic E-state index is 0.246. The molecule has 0 saturated heterocycles. The van der Waals surface area contributed by atoms with E-state index in [1.807, 2.05) is 54.6 Å². The van der Waals surface area contributed by atoms with E-state index in [-0.39, 0.29) is 6.79 Å². The molecule has 0 aliphatic carbocycles. The molecule has 0 radical (unpaired) electrons. The first-order valence-corrected chi connectivity index (χ1v) is 6.85. The molecule has 2 heterocycles. The molecule has 0 spiro atoms. The first-order chi connectivity index (χ1) is 10.9. The van der Waals surface area contributed by atoms with Gasteiger partial charge in [-0.3, -0.25) is 0 Å². The maximum Gasteiger partial charge on any atom is 0.250 e. The third kappa shape index (κ3) is 2.44. The summed E-state index contributed by atoms with van der Waals surface area (Å²) in [5.74, 6) is 2.41. The van der Waals surface area contributed by atoms with Gasteiger partial charge in [-0.15, -0.1) is 0 Å². The number of nitrogens with zero attached hydrogens (tertiary/aromatic N) is 2. The summed E-state index contributed by atoms with van der Waals surface area (Å²) in [6.07, 6.45) is 3.72. The van der Waals surface area contributed by atoms with Gasteiger partial charge in [-0.1, -0.05) is 35.5 Å². The molecule has 108 valence electrons. The van der Waals surface area contributed by atoms with Gasteiger partial charge in [-0.25, -0.2) is 0 Å². The predicted octanol–water partition coefficient (Wildman–Crippen LogP) is 3.64. The van der Waals surface area contributed by atoms with Crippen LogP contribution >= 0.6 is 0 Å². The van der Waals surface area contributed by atoms with Crippen LogP contribution in [0.15, 0.2) is 53.1 Å². The molecule has 1 aliphatic heterocycles. The maximum absolute atomic E-state index is 5.35. The molecule has 1 aromatic heterocycles. The highest BCUT2D eigenvalue weighted by Crippen LogP contribution is 2.35. The Morgan fingerprint density at radius 1 is 0.909 bits per heavy atom. The molecule has 5 heteroatoms. The SMILES string of the molecule is C(=C\c1nc(-c2ccc3c(c2)OCO3)no1)/c1ccccc1. The lowest BCUT2D eigenvalue weighted by Gasteiger charge is -1.97. The van der Waals surface area contributed by atoms with Crippen LogP contribution in [0.3, 0.4) is 0 Å². The van der Waals surface area contributed by atoms with Gasteiger partial charge in [0.25, 0.3) is 5.89 Å². The van der Waals surface area contributed by atoms with Gasteiger partial charge in [-0.05, 0) is 29.8 Å². The molecule has 0 fully saturated rings. The van der Waals surface area contributed by atoms with Crippen LogP contribution in [0.4, 0.5) is 0 Å². The molecular weight excluding hydrogens is 280 g/mol. The molecule has 2 aromatic carbocycles. The molecular formula is C17H12N2O3. The van der Waals surface area contributed by atoms with Crippen LogP contribution in [0, 0.1) is 0 Å².